The number of hydrogen-bond acceptors (Lipinski definition) is 5. The van der Waals surface area contributed by atoms with Crippen molar-refractivity contribution in [3.63, 3.8) is 0 Å². The van der Waals surface area contributed by atoms with Crippen molar-refractivity contribution in [1.29, 1.82) is 0 Å². The molecule has 3 aromatic rings. The third kappa shape index (κ3) is 5.38. The van der Waals surface area contributed by atoms with Crippen LogP contribution in [-0.4, -0.2) is 46.0 Å². The number of pyridine rings is 1. The Hall–Kier alpha value is -3.10. The Morgan fingerprint density at radius 3 is 2.75 bits per heavy atom. The molecule has 1 fully saturated rings. The van der Waals surface area contributed by atoms with Gasteiger partial charge in [-0.3, -0.25) is 14.6 Å². The van der Waals surface area contributed by atoms with Crippen LogP contribution >= 0.6 is 0 Å². The molecule has 3 heterocycles. The number of nitrogens with one attached hydrogen (secondary N) is 1. The maximum atomic E-state index is 14.6. The number of anilines is 1. The van der Waals surface area contributed by atoms with E-state index in [1.165, 1.54) is 6.20 Å². The van der Waals surface area contributed by atoms with E-state index in [4.69, 9.17) is 4.74 Å². The number of ether oxygens (including phenoxy) is 1. The van der Waals surface area contributed by atoms with Crippen LogP contribution in [0.4, 0.5) is 14.5 Å². The number of morpholine rings is 1. The fourth-order valence-corrected chi connectivity index (χ4v) is 3.74. The summed E-state index contributed by atoms with van der Waals surface area (Å²) in [6.07, 6.45) is 10.4. The Kier molecular flexibility index (Phi) is 7.24. The van der Waals surface area contributed by atoms with Crippen molar-refractivity contribution in [2.75, 3.05) is 31.6 Å². The topological polar surface area (TPSA) is 55.2 Å². The highest BCUT2D eigenvalue weighted by atomic mass is 19.1. The van der Waals surface area contributed by atoms with E-state index in [9.17, 15) is 8.78 Å². The largest absolute Gasteiger partial charge is 0.379 e. The van der Waals surface area contributed by atoms with Gasteiger partial charge in [0.2, 0.25) is 0 Å². The minimum absolute atomic E-state index is 0.334. The molecule has 0 atom stereocenters. The molecule has 1 aromatic carbocycles. The highest BCUT2D eigenvalue weighted by molar-refractivity contribution is 5.74. The molecule has 8 heteroatoms. The van der Waals surface area contributed by atoms with Gasteiger partial charge in [0.05, 0.1) is 31.3 Å². The van der Waals surface area contributed by atoms with Crippen LogP contribution in [0.2, 0.25) is 0 Å². The first kappa shape index (κ1) is 22.1. The Morgan fingerprint density at radius 1 is 1.12 bits per heavy atom. The molecule has 0 amide bonds. The summed E-state index contributed by atoms with van der Waals surface area (Å²) >= 11 is 0. The second kappa shape index (κ2) is 10.5. The van der Waals surface area contributed by atoms with Crippen LogP contribution in [0.1, 0.15) is 24.5 Å². The van der Waals surface area contributed by atoms with Crippen molar-refractivity contribution in [1.82, 2.24) is 19.7 Å². The SMILES string of the molecule is CCCn1cc(-c2c(F)cncc2/C=C/Nc2ccc(CN3CCOCC3)cc2F)cn1. The van der Waals surface area contributed by atoms with Crippen molar-refractivity contribution < 1.29 is 13.5 Å². The summed E-state index contributed by atoms with van der Waals surface area (Å²) in [6, 6.07) is 5.17. The number of aryl methyl sites for hydroxylation is 1. The standard InChI is InChI=1S/C24H27F2N5O/c1-2-7-31-17-20(14-29-31)24-19(13-27-15-22(24)26)5-6-28-23-4-3-18(12-21(23)25)16-30-8-10-32-11-9-30/h3-6,12-15,17,28H,2,7-11,16H2,1H3/b6-5+. The summed E-state index contributed by atoms with van der Waals surface area (Å²) in [5, 5.41) is 7.24. The Balaban J connectivity index is 1.46. The van der Waals surface area contributed by atoms with Gasteiger partial charge in [0.15, 0.2) is 0 Å². The number of halogens is 2. The Morgan fingerprint density at radius 2 is 1.97 bits per heavy atom. The lowest BCUT2D eigenvalue weighted by Gasteiger charge is -2.26. The zero-order valence-corrected chi connectivity index (χ0v) is 18.1. The van der Waals surface area contributed by atoms with E-state index in [1.54, 1.807) is 41.5 Å². The highest BCUT2D eigenvalue weighted by Gasteiger charge is 2.13. The monoisotopic (exact) mass is 439 g/mol. The fourth-order valence-electron chi connectivity index (χ4n) is 3.74. The predicted octanol–water partition coefficient (Wildman–Crippen LogP) is 4.55. The fraction of sp³-hybridized carbons (Fsp3) is 0.333. The molecule has 0 spiro atoms. The minimum Gasteiger partial charge on any atom is -0.379 e. The van der Waals surface area contributed by atoms with Gasteiger partial charge in [-0.15, -0.1) is 0 Å². The van der Waals surface area contributed by atoms with Crippen molar-refractivity contribution in [3.8, 4) is 11.1 Å². The number of aromatic nitrogens is 3. The average Bonchev–Trinajstić information content (AvgIpc) is 3.24. The second-order valence-electron chi connectivity index (χ2n) is 7.76. The molecular formula is C24H27F2N5O. The number of nitrogens with zero attached hydrogens (tertiary/aromatic N) is 4. The predicted molar refractivity (Wildman–Crippen MR) is 121 cm³/mol. The molecule has 1 N–H and O–H groups in total. The van der Waals surface area contributed by atoms with E-state index >= 15 is 0 Å². The van der Waals surface area contributed by atoms with E-state index in [2.05, 4.69) is 27.2 Å². The van der Waals surface area contributed by atoms with Crippen LogP contribution < -0.4 is 5.32 Å². The van der Waals surface area contributed by atoms with Gasteiger partial charge < -0.3 is 10.1 Å². The van der Waals surface area contributed by atoms with Gasteiger partial charge in [-0.1, -0.05) is 13.0 Å². The molecule has 1 aliphatic heterocycles. The lowest BCUT2D eigenvalue weighted by molar-refractivity contribution is 0.0341. The number of benzene rings is 1. The number of hydrogen-bond donors (Lipinski definition) is 1. The van der Waals surface area contributed by atoms with Gasteiger partial charge in [-0.2, -0.15) is 5.10 Å². The summed E-state index contributed by atoms with van der Waals surface area (Å²) in [7, 11) is 0. The summed E-state index contributed by atoms with van der Waals surface area (Å²) < 4.78 is 36.3. The average molecular weight is 440 g/mol. The van der Waals surface area contributed by atoms with E-state index in [0.29, 0.717) is 42.1 Å². The van der Waals surface area contributed by atoms with E-state index in [-0.39, 0.29) is 5.82 Å². The van der Waals surface area contributed by atoms with Crippen molar-refractivity contribution in [3.05, 3.63) is 71.9 Å². The van der Waals surface area contributed by atoms with Gasteiger partial charge in [0.1, 0.15) is 11.6 Å². The van der Waals surface area contributed by atoms with Crippen LogP contribution in [-0.2, 0) is 17.8 Å². The molecule has 0 aliphatic carbocycles. The van der Waals surface area contributed by atoms with Gasteiger partial charge in [0, 0.05) is 61.5 Å². The van der Waals surface area contributed by atoms with Crippen molar-refractivity contribution >= 4 is 11.8 Å². The third-order valence-corrected chi connectivity index (χ3v) is 5.35. The second-order valence-corrected chi connectivity index (χ2v) is 7.76. The zero-order chi connectivity index (χ0) is 22.3. The molecular weight excluding hydrogens is 412 g/mol. The molecule has 4 rings (SSSR count). The molecule has 1 saturated heterocycles. The highest BCUT2D eigenvalue weighted by Crippen LogP contribution is 2.27. The molecule has 6 nitrogen and oxygen atoms in total. The first-order chi connectivity index (χ1) is 15.6. The molecule has 168 valence electrons. The Bertz CT molecular complexity index is 1080. The minimum atomic E-state index is -0.429. The maximum absolute atomic E-state index is 14.6. The van der Waals surface area contributed by atoms with Gasteiger partial charge in [-0.25, -0.2) is 8.78 Å². The normalized spacial score (nSPS) is 14.8. The number of rotatable bonds is 8. The molecule has 2 aromatic heterocycles. The van der Waals surface area contributed by atoms with E-state index in [1.807, 2.05) is 12.3 Å². The molecule has 32 heavy (non-hydrogen) atoms. The zero-order valence-electron chi connectivity index (χ0n) is 18.1. The van der Waals surface area contributed by atoms with Crippen molar-refractivity contribution in [2.24, 2.45) is 0 Å². The smallest absolute Gasteiger partial charge is 0.150 e. The first-order valence-electron chi connectivity index (χ1n) is 10.8. The summed E-state index contributed by atoms with van der Waals surface area (Å²) in [5.74, 6) is -0.763. The van der Waals surface area contributed by atoms with Crippen LogP contribution in [0.5, 0.6) is 0 Å². The Labute approximate surface area is 186 Å². The van der Waals surface area contributed by atoms with Crippen LogP contribution in [0.15, 0.2) is 49.2 Å². The summed E-state index contributed by atoms with van der Waals surface area (Å²) in [4.78, 5) is 6.20. The molecule has 0 radical (unpaired) electrons. The maximum Gasteiger partial charge on any atom is 0.150 e. The van der Waals surface area contributed by atoms with E-state index < -0.39 is 5.82 Å². The van der Waals surface area contributed by atoms with Crippen LogP contribution in [0.3, 0.4) is 0 Å². The summed E-state index contributed by atoms with van der Waals surface area (Å²) in [6.45, 7) is 6.65. The lowest BCUT2D eigenvalue weighted by Crippen LogP contribution is -2.35. The van der Waals surface area contributed by atoms with Crippen LogP contribution in [0, 0.1) is 11.6 Å². The summed E-state index contributed by atoms with van der Waals surface area (Å²) in [5.41, 5.74) is 2.95. The first-order valence-corrected chi connectivity index (χ1v) is 10.8. The van der Waals surface area contributed by atoms with Crippen molar-refractivity contribution in [2.45, 2.75) is 26.4 Å². The van der Waals surface area contributed by atoms with Gasteiger partial charge in [0.25, 0.3) is 0 Å². The van der Waals surface area contributed by atoms with Crippen LogP contribution in [0.25, 0.3) is 17.2 Å². The molecule has 0 saturated carbocycles. The lowest BCUT2D eigenvalue weighted by atomic mass is 10.0. The quantitative estimate of drug-likeness (QED) is 0.558. The third-order valence-electron chi connectivity index (χ3n) is 5.35. The van der Waals surface area contributed by atoms with Gasteiger partial charge in [-0.05, 0) is 30.2 Å². The molecule has 1 aliphatic rings. The molecule has 0 bridgehead atoms. The van der Waals surface area contributed by atoms with Gasteiger partial charge >= 0.3 is 0 Å². The molecule has 0 unspecified atom stereocenters. The van der Waals surface area contributed by atoms with E-state index in [0.717, 1.165) is 31.6 Å².